The van der Waals surface area contributed by atoms with Crippen LogP contribution in [0.5, 0.6) is 5.75 Å². The summed E-state index contributed by atoms with van der Waals surface area (Å²) >= 11 is 0. The van der Waals surface area contributed by atoms with Crippen LogP contribution in [-0.2, 0) is 6.61 Å². The van der Waals surface area contributed by atoms with Crippen molar-refractivity contribution in [3.05, 3.63) is 59.2 Å². The number of nitrogens with two attached hydrogens (primary N) is 2. The van der Waals surface area contributed by atoms with E-state index in [4.69, 9.17) is 16.2 Å². The van der Waals surface area contributed by atoms with Crippen LogP contribution in [0, 0.1) is 13.8 Å². The summed E-state index contributed by atoms with van der Waals surface area (Å²) in [6.45, 7) is 4.21. The minimum atomic E-state index is -0.614. The Morgan fingerprint density at radius 1 is 1.12 bits per heavy atom. The Labute approximate surface area is 147 Å². The molecular weight excluding hydrogens is 328 g/mol. The highest BCUT2D eigenvalue weighted by Gasteiger charge is 2.11. The number of aryl methyl sites for hydroxylation is 1. The molecule has 2 amide bonds. The van der Waals surface area contributed by atoms with Crippen LogP contribution >= 0.6 is 12.4 Å². The normalized spacial score (nSPS) is 9.58. The predicted molar refractivity (Wildman–Crippen MR) is 98.8 cm³/mol. The zero-order valence-electron chi connectivity index (χ0n) is 13.6. The average Bonchev–Trinajstić information content (AvgIpc) is 2.51. The first kappa shape index (κ1) is 19.3. The molecule has 2 aromatic carbocycles. The molecular formula is C17H21ClN4O2. The van der Waals surface area contributed by atoms with Crippen LogP contribution in [0.3, 0.4) is 0 Å². The highest BCUT2D eigenvalue weighted by molar-refractivity contribution is 5.99. The van der Waals surface area contributed by atoms with Crippen LogP contribution in [0.25, 0.3) is 0 Å². The Kier molecular flexibility index (Phi) is 7.07. The molecule has 0 atom stereocenters. The van der Waals surface area contributed by atoms with Crippen molar-refractivity contribution in [2.75, 3.05) is 5.32 Å². The van der Waals surface area contributed by atoms with E-state index in [1.807, 2.05) is 56.3 Å². The number of carbonyl (C=O) groups excluding carboxylic acids is 1. The molecule has 0 unspecified atom stereocenters. The van der Waals surface area contributed by atoms with Gasteiger partial charge in [-0.3, -0.25) is 0 Å². The number of guanidine groups is 1. The van der Waals surface area contributed by atoms with Gasteiger partial charge in [-0.15, -0.1) is 12.4 Å². The minimum Gasteiger partial charge on any atom is -0.489 e. The Bertz CT molecular complexity index is 729. The maximum Gasteiger partial charge on any atom is 0.348 e. The van der Waals surface area contributed by atoms with Crippen molar-refractivity contribution in [1.29, 1.82) is 0 Å². The summed E-state index contributed by atoms with van der Waals surface area (Å²) in [6.07, 6.45) is 0. The van der Waals surface area contributed by atoms with Crippen LogP contribution in [0.1, 0.15) is 16.7 Å². The zero-order valence-corrected chi connectivity index (χ0v) is 14.4. The third kappa shape index (κ3) is 5.17. The second-order valence-corrected chi connectivity index (χ2v) is 5.12. The summed E-state index contributed by atoms with van der Waals surface area (Å²) in [7, 11) is 0. The van der Waals surface area contributed by atoms with Gasteiger partial charge in [0, 0.05) is 5.56 Å². The number of nitrogens with one attached hydrogen (secondary N) is 1. The molecule has 0 saturated heterocycles. The SMILES string of the molecule is Cc1ccc(OCc2ccccc2)c(C)c1NC(=O)N=C(N)N.Cl. The number of urea groups is 1. The Morgan fingerprint density at radius 3 is 2.42 bits per heavy atom. The van der Waals surface area contributed by atoms with Gasteiger partial charge in [0.25, 0.3) is 0 Å². The molecule has 0 spiro atoms. The number of benzene rings is 2. The van der Waals surface area contributed by atoms with Gasteiger partial charge in [0.05, 0.1) is 5.69 Å². The maximum atomic E-state index is 11.7. The number of anilines is 1. The number of halogens is 1. The van der Waals surface area contributed by atoms with Gasteiger partial charge < -0.3 is 21.5 Å². The standard InChI is InChI=1S/C17H20N4O2.ClH/c1-11-8-9-14(23-10-13-6-4-3-5-7-13)12(2)15(11)20-17(22)21-16(18)19;/h3-9H,10H2,1-2H3,(H5,18,19,20,21,22);1H. The van der Waals surface area contributed by atoms with Crippen LogP contribution in [0.2, 0.25) is 0 Å². The molecule has 128 valence electrons. The molecule has 2 rings (SSSR count). The third-order valence-electron chi connectivity index (χ3n) is 3.32. The lowest BCUT2D eigenvalue weighted by molar-refractivity contribution is 0.259. The molecule has 0 bridgehead atoms. The highest BCUT2D eigenvalue weighted by atomic mass is 35.5. The van der Waals surface area contributed by atoms with Gasteiger partial charge in [0.15, 0.2) is 5.96 Å². The van der Waals surface area contributed by atoms with Crippen LogP contribution in [0.4, 0.5) is 10.5 Å². The molecule has 0 aliphatic heterocycles. The number of hydrogen-bond donors (Lipinski definition) is 3. The van der Waals surface area contributed by atoms with E-state index in [-0.39, 0.29) is 18.4 Å². The summed E-state index contributed by atoms with van der Waals surface area (Å²) in [6, 6.07) is 13.0. The zero-order chi connectivity index (χ0) is 16.8. The number of amides is 2. The van der Waals surface area contributed by atoms with Crippen molar-refractivity contribution in [3.63, 3.8) is 0 Å². The fraction of sp³-hybridized carbons (Fsp3) is 0.176. The van der Waals surface area contributed by atoms with Gasteiger partial charge in [-0.25, -0.2) is 4.79 Å². The Hall–Kier alpha value is -2.73. The summed E-state index contributed by atoms with van der Waals surface area (Å²) < 4.78 is 5.84. The maximum absolute atomic E-state index is 11.7. The third-order valence-corrected chi connectivity index (χ3v) is 3.32. The molecule has 0 heterocycles. The van der Waals surface area contributed by atoms with E-state index in [1.54, 1.807) is 0 Å². The molecule has 6 nitrogen and oxygen atoms in total. The number of hydrogen-bond acceptors (Lipinski definition) is 2. The number of aliphatic imine (C=N–C) groups is 1. The highest BCUT2D eigenvalue weighted by Crippen LogP contribution is 2.29. The summed E-state index contributed by atoms with van der Waals surface area (Å²) in [5, 5.41) is 2.68. The number of rotatable bonds is 4. The lowest BCUT2D eigenvalue weighted by atomic mass is 10.1. The molecule has 2 aromatic rings. The van der Waals surface area contributed by atoms with Crippen molar-refractivity contribution in [2.45, 2.75) is 20.5 Å². The molecule has 0 fully saturated rings. The van der Waals surface area contributed by atoms with Crippen molar-refractivity contribution in [3.8, 4) is 5.75 Å². The Balaban J connectivity index is 0.00000288. The van der Waals surface area contributed by atoms with Crippen LogP contribution < -0.4 is 21.5 Å². The van der Waals surface area contributed by atoms with Crippen molar-refractivity contribution >= 4 is 30.1 Å². The first-order valence-electron chi connectivity index (χ1n) is 7.15. The Morgan fingerprint density at radius 2 is 1.79 bits per heavy atom. The van der Waals surface area contributed by atoms with Gasteiger partial charge in [-0.1, -0.05) is 36.4 Å². The predicted octanol–water partition coefficient (Wildman–Crippen LogP) is 3.11. The monoisotopic (exact) mass is 348 g/mol. The van der Waals surface area contributed by atoms with Crippen molar-refractivity contribution in [1.82, 2.24) is 0 Å². The van der Waals surface area contributed by atoms with E-state index in [2.05, 4.69) is 10.3 Å². The summed E-state index contributed by atoms with van der Waals surface area (Å²) in [5.74, 6) is 0.411. The molecule has 0 radical (unpaired) electrons. The van der Waals surface area contributed by atoms with Gasteiger partial charge in [0.2, 0.25) is 0 Å². The second kappa shape index (κ2) is 8.79. The smallest absolute Gasteiger partial charge is 0.348 e. The van der Waals surface area contributed by atoms with Gasteiger partial charge in [-0.2, -0.15) is 4.99 Å². The van der Waals surface area contributed by atoms with Crippen LogP contribution in [-0.4, -0.2) is 12.0 Å². The molecule has 0 aliphatic rings. The van der Waals surface area contributed by atoms with E-state index < -0.39 is 6.03 Å². The molecule has 7 heteroatoms. The lowest BCUT2D eigenvalue weighted by Gasteiger charge is -2.15. The molecule has 24 heavy (non-hydrogen) atoms. The van der Waals surface area contributed by atoms with E-state index in [0.29, 0.717) is 18.0 Å². The largest absolute Gasteiger partial charge is 0.489 e. The van der Waals surface area contributed by atoms with Gasteiger partial charge in [-0.05, 0) is 31.0 Å². The van der Waals surface area contributed by atoms with Gasteiger partial charge >= 0.3 is 6.03 Å². The topological polar surface area (TPSA) is 103 Å². The van der Waals surface area contributed by atoms with E-state index in [1.165, 1.54) is 0 Å². The molecule has 0 saturated carbocycles. The number of nitrogens with zero attached hydrogens (tertiary/aromatic N) is 1. The molecule has 5 N–H and O–H groups in total. The van der Waals surface area contributed by atoms with Gasteiger partial charge in [0.1, 0.15) is 12.4 Å². The fourth-order valence-electron chi connectivity index (χ4n) is 2.16. The van der Waals surface area contributed by atoms with E-state index >= 15 is 0 Å². The van der Waals surface area contributed by atoms with E-state index in [9.17, 15) is 4.79 Å². The number of carbonyl (C=O) groups is 1. The fourth-order valence-corrected chi connectivity index (χ4v) is 2.16. The van der Waals surface area contributed by atoms with Crippen molar-refractivity contribution in [2.24, 2.45) is 16.5 Å². The first-order chi connectivity index (χ1) is 11.0. The molecule has 0 aliphatic carbocycles. The minimum absolute atomic E-state index is 0. The average molecular weight is 349 g/mol. The molecule has 0 aromatic heterocycles. The number of ether oxygens (including phenoxy) is 1. The second-order valence-electron chi connectivity index (χ2n) is 5.12. The summed E-state index contributed by atoms with van der Waals surface area (Å²) in [5.41, 5.74) is 13.8. The quantitative estimate of drug-likeness (QED) is 0.583. The van der Waals surface area contributed by atoms with Crippen LogP contribution in [0.15, 0.2) is 47.5 Å². The van der Waals surface area contributed by atoms with Crippen molar-refractivity contribution < 1.29 is 9.53 Å². The first-order valence-corrected chi connectivity index (χ1v) is 7.15. The van der Waals surface area contributed by atoms with E-state index in [0.717, 1.165) is 16.7 Å². The summed E-state index contributed by atoms with van der Waals surface area (Å²) in [4.78, 5) is 15.2. The lowest BCUT2D eigenvalue weighted by Crippen LogP contribution is -2.25.